The van der Waals surface area contributed by atoms with Crippen molar-refractivity contribution in [1.82, 2.24) is 5.32 Å². The van der Waals surface area contributed by atoms with Crippen LogP contribution in [0.4, 0.5) is 0 Å². The van der Waals surface area contributed by atoms with E-state index in [1.54, 1.807) is 0 Å². The molecule has 1 aliphatic carbocycles. The van der Waals surface area contributed by atoms with Crippen LogP contribution >= 0.6 is 0 Å². The van der Waals surface area contributed by atoms with Gasteiger partial charge in [-0.25, -0.2) is 0 Å². The van der Waals surface area contributed by atoms with Crippen molar-refractivity contribution in [3.63, 3.8) is 0 Å². The van der Waals surface area contributed by atoms with Gasteiger partial charge < -0.3 is 20.1 Å². The molecule has 5 nitrogen and oxygen atoms in total. The van der Waals surface area contributed by atoms with E-state index in [0.29, 0.717) is 12.5 Å². The molecule has 2 atom stereocenters. The van der Waals surface area contributed by atoms with Gasteiger partial charge in [0.05, 0.1) is 19.6 Å². The van der Waals surface area contributed by atoms with Gasteiger partial charge in [0.2, 0.25) is 0 Å². The van der Waals surface area contributed by atoms with Crippen LogP contribution in [0.1, 0.15) is 38.5 Å². The molecule has 0 radical (unpaired) electrons. The van der Waals surface area contributed by atoms with Gasteiger partial charge in [0.15, 0.2) is 6.04 Å². The van der Waals surface area contributed by atoms with E-state index in [2.05, 4.69) is 5.32 Å². The lowest BCUT2D eigenvalue weighted by Gasteiger charge is -2.35. The summed E-state index contributed by atoms with van der Waals surface area (Å²) < 4.78 is 0. The number of piperazine rings is 1. The molecule has 2 N–H and O–H groups in total. The molecule has 5 heteroatoms. The number of amides is 1. The molecule has 0 aromatic carbocycles. The third kappa shape index (κ3) is 3.45. The van der Waals surface area contributed by atoms with Gasteiger partial charge in [-0.1, -0.05) is 19.3 Å². The van der Waals surface area contributed by atoms with E-state index in [4.69, 9.17) is 0 Å². The van der Waals surface area contributed by atoms with E-state index < -0.39 is 12.0 Å². The summed E-state index contributed by atoms with van der Waals surface area (Å²) in [6.45, 7) is 2.43. The van der Waals surface area contributed by atoms with Crippen LogP contribution in [0, 0.1) is 5.92 Å². The molecule has 0 spiro atoms. The number of hydrogen-bond acceptors (Lipinski definition) is 3. The molecule has 1 saturated heterocycles. The zero-order valence-corrected chi connectivity index (χ0v) is 10.7. The van der Waals surface area contributed by atoms with Crippen LogP contribution in [-0.4, -0.2) is 37.6 Å². The van der Waals surface area contributed by atoms with E-state index in [1.807, 2.05) is 0 Å². The monoisotopic (exact) mass is 254 g/mol. The molecule has 0 aromatic rings. The summed E-state index contributed by atoms with van der Waals surface area (Å²) >= 11 is 0. The Morgan fingerprint density at radius 1 is 1.33 bits per heavy atom. The minimum absolute atomic E-state index is 0.128. The van der Waals surface area contributed by atoms with Crippen molar-refractivity contribution in [3.05, 3.63) is 0 Å². The maximum atomic E-state index is 11.8. The fourth-order valence-corrected chi connectivity index (χ4v) is 3.24. The first-order chi connectivity index (χ1) is 8.66. The Morgan fingerprint density at radius 2 is 2.06 bits per heavy atom. The zero-order valence-electron chi connectivity index (χ0n) is 10.7. The van der Waals surface area contributed by atoms with E-state index in [0.717, 1.165) is 18.0 Å². The molecule has 2 fully saturated rings. The largest absolute Gasteiger partial charge is 0.550 e. The van der Waals surface area contributed by atoms with Gasteiger partial charge >= 0.3 is 0 Å². The highest BCUT2D eigenvalue weighted by Gasteiger charge is 2.35. The molecular weight excluding hydrogens is 232 g/mol. The van der Waals surface area contributed by atoms with E-state index >= 15 is 0 Å². The van der Waals surface area contributed by atoms with Crippen molar-refractivity contribution in [2.75, 3.05) is 19.6 Å². The minimum Gasteiger partial charge on any atom is -0.550 e. The lowest BCUT2D eigenvalue weighted by atomic mass is 9.88. The molecule has 1 saturated carbocycles. The van der Waals surface area contributed by atoms with E-state index in [1.165, 1.54) is 32.1 Å². The van der Waals surface area contributed by atoms with Crippen LogP contribution in [0.2, 0.25) is 0 Å². The molecule has 1 aliphatic heterocycles. The SMILES string of the molecule is O=C([O-])CC1C(=O)NCC[NH+]1CC1CCCCC1. The molecule has 1 amide bonds. The highest BCUT2D eigenvalue weighted by Crippen LogP contribution is 2.22. The van der Waals surface area contributed by atoms with Crippen LogP contribution in [0.5, 0.6) is 0 Å². The Kier molecular flexibility index (Phi) is 4.58. The Morgan fingerprint density at radius 3 is 2.72 bits per heavy atom. The first-order valence-corrected chi connectivity index (χ1v) is 6.99. The van der Waals surface area contributed by atoms with Crippen molar-refractivity contribution in [3.8, 4) is 0 Å². The smallest absolute Gasteiger partial charge is 0.278 e. The first-order valence-electron chi connectivity index (χ1n) is 6.99. The molecule has 18 heavy (non-hydrogen) atoms. The molecule has 2 unspecified atom stereocenters. The summed E-state index contributed by atoms with van der Waals surface area (Å²) in [6, 6.07) is -0.453. The van der Waals surface area contributed by atoms with Crippen molar-refractivity contribution in [2.45, 2.75) is 44.6 Å². The predicted molar refractivity (Wildman–Crippen MR) is 63.7 cm³/mol. The Bertz CT molecular complexity index is 313. The second-order valence-corrected chi connectivity index (χ2v) is 5.54. The molecular formula is C13H22N2O3. The second-order valence-electron chi connectivity index (χ2n) is 5.54. The number of quaternary nitrogens is 1. The predicted octanol–water partition coefficient (Wildman–Crippen LogP) is -1.91. The van der Waals surface area contributed by atoms with E-state index in [9.17, 15) is 14.7 Å². The maximum absolute atomic E-state index is 11.8. The summed E-state index contributed by atoms with van der Waals surface area (Å²) in [5, 5.41) is 13.5. The third-order valence-corrected chi connectivity index (χ3v) is 4.20. The van der Waals surface area contributed by atoms with Crippen LogP contribution < -0.4 is 15.3 Å². The van der Waals surface area contributed by atoms with Gasteiger partial charge in [-0.2, -0.15) is 0 Å². The topological polar surface area (TPSA) is 73.7 Å². The number of carboxylic acids is 1. The molecule has 0 aromatic heterocycles. The summed E-state index contributed by atoms with van der Waals surface area (Å²) in [5.74, 6) is -0.599. The Hall–Kier alpha value is -1.10. The number of carbonyl (C=O) groups is 2. The molecule has 0 bridgehead atoms. The highest BCUT2D eigenvalue weighted by molar-refractivity contribution is 5.84. The lowest BCUT2D eigenvalue weighted by Crippen LogP contribution is -3.20. The summed E-state index contributed by atoms with van der Waals surface area (Å²) in [6.07, 6.45) is 6.15. The Balaban J connectivity index is 1.93. The van der Waals surface area contributed by atoms with Crippen LogP contribution in [0.25, 0.3) is 0 Å². The van der Waals surface area contributed by atoms with Crippen LogP contribution in [-0.2, 0) is 9.59 Å². The van der Waals surface area contributed by atoms with Gasteiger partial charge in [0.25, 0.3) is 5.91 Å². The number of carbonyl (C=O) groups excluding carboxylic acids is 2. The van der Waals surface area contributed by atoms with Gasteiger partial charge in [-0.3, -0.25) is 4.79 Å². The van der Waals surface area contributed by atoms with Gasteiger partial charge in [0.1, 0.15) is 0 Å². The molecule has 102 valence electrons. The fourth-order valence-electron chi connectivity index (χ4n) is 3.24. The average Bonchev–Trinajstić information content (AvgIpc) is 2.34. The first kappa shape index (κ1) is 13.3. The van der Waals surface area contributed by atoms with E-state index in [-0.39, 0.29) is 12.3 Å². The highest BCUT2D eigenvalue weighted by atomic mass is 16.4. The summed E-state index contributed by atoms with van der Waals surface area (Å²) in [4.78, 5) is 23.6. The number of rotatable bonds is 4. The summed E-state index contributed by atoms with van der Waals surface area (Å²) in [5.41, 5.74) is 0. The molecule has 2 rings (SSSR count). The lowest BCUT2D eigenvalue weighted by molar-refractivity contribution is -0.920. The minimum atomic E-state index is -1.13. The second kappa shape index (κ2) is 6.18. The molecule has 2 aliphatic rings. The van der Waals surface area contributed by atoms with Gasteiger partial charge in [-0.05, 0) is 12.8 Å². The van der Waals surface area contributed by atoms with Gasteiger partial charge in [-0.15, -0.1) is 0 Å². The standard InChI is InChI=1S/C13H22N2O3/c16-12(17)8-11-13(18)14-6-7-15(11)9-10-4-2-1-3-5-10/h10-11H,1-9H2,(H,14,18)(H,16,17). The Labute approximate surface area is 108 Å². The van der Waals surface area contributed by atoms with Crippen LogP contribution in [0.15, 0.2) is 0 Å². The van der Waals surface area contributed by atoms with Crippen LogP contribution in [0.3, 0.4) is 0 Å². The van der Waals surface area contributed by atoms with Crippen molar-refractivity contribution in [2.24, 2.45) is 5.92 Å². The number of nitrogens with one attached hydrogen (secondary N) is 2. The van der Waals surface area contributed by atoms with Crippen molar-refractivity contribution >= 4 is 11.9 Å². The summed E-state index contributed by atoms with van der Waals surface area (Å²) in [7, 11) is 0. The van der Waals surface area contributed by atoms with Gasteiger partial charge in [0, 0.05) is 18.3 Å². The maximum Gasteiger partial charge on any atom is 0.278 e. The average molecular weight is 254 g/mol. The zero-order chi connectivity index (χ0) is 13.0. The number of carboxylic acid groups (broad SMARTS) is 1. The van der Waals surface area contributed by atoms with Crippen molar-refractivity contribution in [1.29, 1.82) is 0 Å². The molecule has 1 heterocycles. The number of hydrogen-bond donors (Lipinski definition) is 2. The fraction of sp³-hybridized carbons (Fsp3) is 0.846. The quantitative estimate of drug-likeness (QED) is 0.615. The third-order valence-electron chi connectivity index (χ3n) is 4.20. The number of aliphatic carboxylic acids is 1. The normalized spacial score (nSPS) is 29.9. The van der Waals surface area contributed by atoms with Crippen molar-refractivity contribution < 1.29 is 19.6 Å².